The molecule has 0 aliphatic carbocycles. The second-order valence-electron chi connectivity index (χ2n) is 7.61. The highest BCUT2D eigenvalue weighted by molar-refractivity contribution is 5.81. The van der Waals surface area contributed by atoms with Crippen LogP contribution in [0.15, 0.2) is 48.5 Å². The highest BCUT2D eigenvalue weighted by Gasteiger charge is 2.45. The second kappa shape index (κ2) is 6.61. The number of hydrogen-bond donors (Lipinski definition) is 4. The molecule has 4 rings (SSSR count). The van der Waals surface area contributed by atoms with Gasteiger partial charge in [0.2, 0.25) is 0 Å². The monoisotopic (exact) mass is 364 g/mol. The zero-order chi connectivity index (χ0) is 19.0. The van der Waals surface area contributed by atoms with Gasteiger partial charge in [0.25, 0.3) is 0 Å². The summed E-state index contributed by atoms with van der Waals surface area (Å²) in [5, 5.41) is 11.9. The molecule has 0 bridgehead atoms. The van der Waals surface area contributed by atoms with Crippen LogP contribution in [0, 0.1) is 13.8 Å². The minimum Gasteiger partial charge on any atom is -0.331 e. The van der Waals surface area contributed by atoms with Gasteiger partial charge in [0.15, 0.2) is 0 Å². The Bertz CT molecular complexity index is 787. The summed E-state index contributed by atoms with van der Waals surface area (Å²) in [6.07, 6.45) is 1.16. The van der Waals surface area contributed by atoms with Crippen LogP contribution in [-0.2, 0) is 0 Å². The molecule has 2 fully saturated rings. The average molecular weight is 364 g/mol. The predicted molar refractivity (Wildman–Crippen MR) is 103 cm³/mol. The molecule has 2 heterocycles. The van der Waals surface area contributed by atoms with Crippen molar-refractivity contribution in [3.05, 3.63) is 70.8 Å². The van der Waals surface area contributed by atoms with Crippen molar-refractivity contribution >= 4 is 12.1 Å². The molecule has 4 amide bonds. The van der Waals surface area contributed by atoms with E-state index >= 15 is 0 Å². The maximum Gasteiger partial charge on any atom is 0.317 e. The minimum atomic E-state index is -0.782. The molecule has 2 aliphatic heterocycles. The molecule has 1 spiro atoms. The van der Waals surface area contributed by atoms with Gasteiger partial charge in [-0.05, 0) is 25.0 Å². The Morgan fingerprint density at radius 1 is 0.704 bits per heavy atom. The molecule has 6 nitrogen and oxygen atoms in total. The van der Waals surface area contributed by atoms with Crippen LogP contribution in [-0.4, -0.2) is 17.7 Å². The van der Waals surface area contributed by atoms with E-state index in [2.05, 4.69) is 21.3 Å². The van der Waals surface area contributed by atoms with Crippen molar-refractivity contribution in [2.24, 2.45) is 0 Å². The van der Waals surface area contributed by atoms with Gasteiger partial charge in [0.05, 0.1) is 12.1 Å². The minimum absolute atomic E-state index is 0.156. The van der Waals surface area contributed by atoms with E-state index in [9.17, 15) is 9.59 Å². The summed E-state index contributed by atoms with van der Waals surface area (Å²) in [7, 11) is 0. The maximum atomic E-state index is 12.4. The predicted octanol–water partition coefficient (Wildman–Crippen LogP) is 3.19. The van der Waals surface area contributed by atoms with Gasteiger partial charge in [-0.3, -0.25) is 0 Å². The number of carbonyl (C=O) groups is 2. The summed E-state index contributed by atoms with van der Waals surface area (Å²) >= 11 is 0. The third-order valence-corrected chi connectivity index (χ3v) is 5.38. The maximum absolute atomic E-state index is 12.4. The fourth-order valence-electron chi connectivity index (χ4n) is 3.94. The van der Waals surface area contributed by atoms with Crippen LogP contribution in [0.5, 0.6) is 0 Å². The Morgan fingerprint density at radius 3 is 1.44 bits per heavy atom. The number of aryl methyl sites for hydroxylation is 2. The van der Waals surface area contributed by atoms with E-state index in [1.54, 1.807) is 0 Å². The number of benzene rings is 2. The summed E-state index contributed by atoms with van der Waals surface area (Å²) in [6.45, 7) is 4.07. The molecule has 140 valence electrons. The molecule has 2 aromatic carbocycles. The Morgan fingerprint density at radius 2 is 1.07 bits per heavy atom. The lowest BCUT2D eigenvalue weighted by molar-refractivity contribution is 0.130. The molecule has 0 saturated carbocycles. The fourth-order valence-corrected chi connectivity index (χ4v) is 3.94. The zero-order valence-electron chi connectivity index (χ0n) is 15.5. The van der Waals surface area contributed by atoms with Crippen molar-refractivity contribution in [2.45, 2.75) is 44.4 Å². The number of nitrogens with one attached hydrogen (secondary N) is 4. The molecule has 0 radical (unpaired) electrons. The van der Waals surface area contributed by atoms with Crippen molar-refractivity contribution in [2.75, 3.05) is 0 Å². The first-order chi connectivity index (χ1) is 12.9. The Balaban J connectivity index is 1.61. The fraction of sp³-hybridized carbons (Fsp3) is 0.333. The summed E-state index contributed by atoms with van der Waals surface area (Å²) < 4.78 is 0. The van der Waals surface area contributed by atoms with Crippen LogP contribution < -0.4 is 21.3 Å². The Labute approximate surface area is 158 Å². The highest BCUT2D eigenvalue weighted by Crippen LogP contribution is 2.35. The van der Waals surface area contributed by atoms with Crippen molar-refractivity contribution in [3.63, 3.8) is 0 Å². The molecule has 2 unspecified atom stereocenters. The first-order valence-electron chi connectivity index (χ1n) is 9.23. The highest BCUT2D eigenvalue weighted by atomic mass is 16.2. The van der Waals surface area contributed by atoms with Crippen LogP contribution in [0.2, 0.25) is 0 Å². The normalized spacial score (nSPS) is 27.3. The van der Waals surface area contributed by atoms with Gasteiger partial charge < -0.3 is 21.3 Å². The van der Waals surface area contributed by atoms with Gasteiger partial charge in [0.1, 0.15) is 5.66 Å². The van der Waals surface area contributed by atoms with Gasteiger partial charge >= 0.3 is 12.1 Å². The molecular formula is C21H24N4O2. The van der Waals surface area contributed by atoms with E-state index in [1.165, 1.54) is 11.1 Å². The van der Waals surface area contributed by atoms with Crippen molar-refractivity contribution < 1.29 is 9.59 Å². The molecule has 0 aromatic heterocycles. The quantitative estimate of drug-likeness (QED) is 0.660. The zero-order valence-corrected chi connectivity index (χ0v) is 15.5. The van der Waals surface area contributed by atoms with Crippen molar-refractivity contribution in [3.8, 4) is 0 Å². The number of rotatable bonds is 2. The second-order valence-corrected chi connectivity index (χ2v) is 7.61. The molecule has 2 aliphatic rings. The average Bonchev–Trinajstić information content (AvgIpc) is 2.61. The lowest BCUT2D eigenvalue weighted by atomic mass is 9.84. The lowest BCUT2D eigenvalue weighted by Crippen LogP contribution is -2.72. The Kier molecular flexibility index (Phi) is 4.26. The Hall–Kier alpha value is -3.02. The van der Waals surface area contributed by atoms with E-state index in [4.69, 9.17) is 0 Å². The summed E-state index contributed by atoms with van der Waals surface area (Å²) in [5.74, 6) is 0. The summed E-state index contributed by atoms with van der Waals surface area (Å²) in [5.41, 5.74) is 3.63. The summed E-state index contributed by atoms with van der Waals surface area (Å²) in [4.78, 5) is 24.8. The van der Waals surface area contributed by atoms with Gasteiger partial charge in [-0.15, -0.1) is 0 Å². The van der Waals surface area contributed by atoms with Gasteiger partial charge in [0, 0.05) is 12.8 Å². The summed E-state index contributed by atoms with van der Waals surface area (Å²) in [6, 6.07) is 15.4. The van der Waals surface area contributed by atoms with Gasteiger partial charge in [-0.1, -0.05) is 59.7 Å². The molecular weight excluding hydrogens is 340 g/mol. The standard InChI is InChI=1S/C21H24N4O2/c1-13-3-7-15(8-4-13)17-11-21(24-19(26)22-17)12-18(23-20(27)25-21)16-9-5-14(2)6-10-16/h3-10,17-18H,11-12H2,1-2H3,(H2,22,24,26)(H2,23,25,27). The third kappa shape index (κ3) is 3.60. The van der Waals surface area contributed by atoms with E-state index in [0.717, 1.165) is 11.1 Å². The van der Waals surface area contributed by atoms with E-state index in [-0.39, 0.29) is 24.1 Å². The third-order valence-electron chi connectivity index (χ3n) is 5.38. The molecule has 27 heavy (non-hydrogen) atoms. The van der Waals surface area contributed by atoms with Gasteiger partial charge in [-0.25, -0.2) is 9.59 Å². The molecule has 6 heteroatoms. The molecule has 2 atom stereocenters. The van der Waals surface area contributed by atoms with E-state index in [1.807, 2.05) is 62.4 Å². The van der Waals surface area contributed by atoms with Crippen LogP contribution in [0.3, 0.4) is 0 Å². The van der Waals surface area contributed by atoms with Crippen molar-refractivity contribution in [1.29, 1.82) is 0 Å². The van der Waals surface area contributed by atoms with E-state index < -0.39 is 5.66 Å². The largest absolute Gasteiger partial charge is 0.331 e. The van der Waals surface area contributed by atoms with E-state index in [0.29, 0.717) is 12.8 Å². The van der Waals surface area contributed by atoms with Crippen molar-refractivity contribution in [1.82, 2.24) is 21.3 Å². The number of amides is 4. The van der Waals surface area contributed by atoms with Gasteiger partial charge in [-0.2, -0.15) is 0 Å². The van der Waals surface area contributed by atoms with Crippen LogP contribution in [0.4, 0.5) is 9.59 Å². The number of carbonyl (C=O) groups excluding carboxylic acids is 2. The number of urea groups is 2. The first kappa shape index (κ1) is 17.4. The molecule has 2 aromatic rings. The lowest BCUT2D eigenvalue weighted by Gasteiger charge is -2.47. The van der Waals surface area contributed by atoms with Crippen LogP contribution in [0.25, 0.3) is 0 Å². The van der Waals surface area contributed by atoms with Crippen LogP contribution >= 0.6 is 0 Å². The molecule has 4 N–H and O–H groups in total. The number of hydrogen-bond acceptors (Lipinski definition) is 2. The SMILES string of the molecule is Cc1ccc(C2CC3(CC(c4ccc(C)cc4)NC(=O)N3)NC(=O)N2)cc1. The topological polar surface area (TPSA) is 82.3 Å². The first-order valence-corrected chi connectivity index (χ1v) is 9.23. The molecule has 2 saturated heterocycles. The smallest absolute Gasteiger partial charge is 0.317 e. The van der Waals surface area contributed by atoms with Crippen LogP contribution in [0.1, 0.15) is 47.2 Å².